The van der Waals surface area contributed by atoms with E-state index in [4.69, 9.17) is 9.47 Å². The molecule has 0 N–H and O–H groups in total. The predicted octanol–water partition coefficient (Wildman–Crippen LogP) is 3.88. The van der Waals surface area contributed by atoms with Crippen LogP contribution in [0.2, 0.25) is 0 Å². The number of hydrogen-bond donors (Lipinski definition) is 0. The number of methoxy groups -OCH3 is 1. The Hall–Kier alpha value is -2.69. The Bertz CT molecular complexity index is 828. The van der Waals surface area contributed by atoms with E-state index in [-0.39, 0.29) is 24.6 Å². The second-order valence-corrected chi connectivity index (χ2v) is 6.63. The quantitative estimate of drug-likeness (QED) is 0.763. The maximum Gasteiger partial charge on any atom is 0.317 e. The van der Waals surface area contributed by atoms with Gasteiger partial charge in [-0.3, -0.25) is 9.59 Å². The van der Waals surface area contributed by atoms with Crippen LogP contribution in [0.3, 0.4) is 0 Å². The van der Waals surface area contributed by atoms with Gasteiger partial charge < -0.3 is 9.47 Å². The van der Waals surface area contributed by atoms with E-state index >= 15 is 0 Å². The molecule has 0 spiro atoms. The van der Waals surface area contributed by atoms with E-state index in [1.54, 1.807) is 38.3 Å². The number of carbonyl (C=O) groups is 2. The van der Waals surface area contributed by atoms with E-state index in [2.05, 4.69) is 0 Å². The highest BCUT2D eigenvalue weighted by molar-refractivity contribution is 5.95. The van der Waals surface area contributed by atoms with Crippen LogP contribution in [-0.2, 0) is 26.3 Å². The number of benzene rings is 2. The van der Waals surface area contributed by atoms with Crippen molar-refractivity contribution in [3.8, 4) is 5.75 Å². The molecule has 1 aliphatic rings. The van der Waals surface area contributed by atoms with Crippen LogP contribution >= 0.6 is 0 Å². The lowest BCUT2D eigenvalue weighted by molar-refractivity contribution is -0.152. The van der Waals surface area contributed by atoms with Gasteiger partial charge in [-0.25, -0.2) is 4.39 Å². The normalized spacial score (nSPS) is 19.4. The largest absolute Gasteiger partial charge is 0.497 e. The number of Topliss-reactive ketones (excluding diaryl/α,β-unsaturated/α-hetero) is 1. The zero-order valence-electron chi connectivity index (χ0n) is 14.9. The van der Waals surface area contributed by atoms with Crippen LogP contribution < -0.4 is 4.74 Å². The van der Waals surface area contributed by atoms with Crippen molar-refractivity contribution >= 4 is 11.8 Å². The summed E-state index contributed by atoms with van der Waals surface area (Å²) in [4.78, 5) is 24.9. The summed E-state index contributed by atoms with van der Waals surface area (Å²) in [5.74, 6) is -0.152. The van der Waals surface area contributed by atoms with Crippen LogP contribution in [0.5, 0.6) is 5.75 Å². The summed E-state index contributed by atoms with van der Waals surface area (Å²) >= 11 is 0. The molecule has 4 nitrogen and oxygen atoms in total. The summed E-state index contributed by atoms with van der Waals surface area (Å²) in [5.41, 5.74) is 0.650. The number of ketones is 1. The van der Waals surface area contributed by atoms with Crippen molar-refractivity contribution in [1.82, 2.24) is 0 Å². The minimum atomic E-state index is -1.10. The van der Waals surface area contributed by atoms with Gasteiger partial charge in [0.15, 0.2) is 0 Å². The van der Waals surface area contributed by atoms with Gasteiger partial charge >= 0.3 is 5.97 Å². The van der Waals surface area contributed by atoms with Crippen molar-refractivity contribution in [2.45, 2.75) is 38.2 Å². The fraction of sp³-hybridized carbons (Fsp3) is 0.333. The molecular formula is C21H21FO4. The first-order valence-corrected chi connectivity index (χ1v) is 8.54. The van der Waals surface area contributed by atoms with Gasteiger partial charge in [0.05, 0.1) is 7.11 Å². The molecule has 0 radical (unpaired) electrons. The van der Waals surface area contributed by atoms with Crippen molar-refractivity contribution in [3.05, 3.63) is 65.0 Å². The molecule has 0 unspecified atom stereocenters. The third-order valence-corrected chi connectivity index (χ3v) is 5.03. The molecule has 2 aromatic carbocycles. The third kappa shape index (κ3) is 3.34. The van der Waals surface area contributed by atoms with Gasteiger partial charge in [-0.1, -0.05) is 24.3 Å². The molecular weight excluding hydrogens is 335 g/mol. The highest BCUT2D eigenvalue weighted by atomic mass is 19.1. The summed E-state index contributed by atoms with van der Waals surface area (Å²) in [6.07, 6.45) is 0.698. The van der Waals surface area contributed by atoms with Crippen molar-refractivity contribution in [2.75, 3.05) is 7.11 Å². The van der Waals surface area contributed by atoms with E-state index in [1.807, 2.05) is 12.1 Å². The highest BCUT2D eigenvalue weighted by Crippen LogP contribution is 2.42. The van der Waals surface area contributed by atoms with Crippen LogP contribution in [0.25, 0.3) is 0 Å². The van der Waals surface area contributed by atoms with Gasteiger partial charge in [0, 0.05) is 12.8 Å². The van der Waals surface area contributed by atoms with Crippen molar-refractivity contribution < 1.29 is 23.5 Å². The van der Waals surface area contributed by atoms with Crippen LogP contribution in [0, 0.1) is 12.7 Å². The summed E-state index contributed by atoms with van der Waals surface area (Å²) in [6, 6.07) is 11.8. The number of ether oxygens (including phenoxy) is 2. The molecule has 1 aliphatic carbocycles. The molecule has 2 aromatic rings. The molecule has 0 aliphatic heterocycles. The van der Waals surface area contributed by atoms with Crippen LogP contribution in [0.15, 0.2) is 42.5 Å². The van der Waals surface area contributed by atoms with E-state index in [0.29, 0.717) is 29.7 Å². The first-order chi connectivity index (χ1) is 12.5. The lowest BCUT2D eigenvalue weighted by atomic mass is 9.76. The molecule has 5 heteroatoms. The first-order valence-electron chi connectivity index (χ1n) is 8.54. The molecule has 0 heterocycles. The molecule has 1 saturated carbocycles. The predicted molar refractivity (Wildman–Crippen MR) is 94.5 cm³/mol. The van der Waals surface area contributed by atoms with Gasteiger partial charge in [-0.05, 0) is 48.2 Å². The Labute approximate surface area is 151 Å². The lowest BCUT2D eigenvalue weighted by Gasteiger charge is -2.28. The first kappa shape index (κ1) is 18.1. The molecule has 0 saturated heterocycles. The Kier molecular flexibility index (Phi) is 5.07. The molecule has 1 fully saturated rings. The fourth-order valence-corrected chi connectivity index (χ4v) is 3.51. The number of hydrogen-bond acceptors (Lipinski definition) is 4. The summed E-state index contributed by atoms with van der Waals surface area (Å²) < 4.78 is 24.7. The Morgan fingerprint density at radius 2 is 1.92 bits per heavy atom. The minimum Gasteiger partial charge on any atom is -0.497 e. The van der Waals surface area contributed by atoms with Gasteiger partial charge in [0.1, 0.15) is 29.4 Å². The van der Waals surface area contributed by atoms with Gasteiger partial charge in [-0.2, -0.15) is 0 Å². The molecule has 136 valence electrons. The third-order valence-electron chi connectivity index (χ3n) is 5.03. The number of halogens is 1. The van der Waals surface area contributed by atoms with E-state index in [9.17, 15) is 14.0 Å². The van der Waals surface area contributed by atoms with Gasteiger partial charge in [0.25, 0.3) is 0 Å². The minimum absolute atomic E-state index is 0.00458. The van der Waals surface area contributed by atoms with Crippen LogP contribution in [0.1, 0.15) is 36.0 Å². The van der Waals surface area contributed by atoms with Crippen molar-refractivity contribution in [3.63, 3.8) is 0 Å². The number of esters is 1. The monoisotopic (exact) mass is 356 g/mol. The van der Waals surface area contributed by atoms with E-state index in [1.165, 1.54) is 6.07 Å². The Balaban J connectivity index is 1.84. The fourth-order valence-electron chi connectivity index (χ4n) is 3.51. The van der Waals surface area contributed by atoms with Crippen LogP contribution in [0.4, 0.5) is 4.39 Å². The average Bonchev–Trinajstić information content (AvgIpc) is 3.05. The molecule has 3 rings (SSSR count). The second-order valence-electron chi connectivity index (χ2n) is 6.63. The molecule has 1 atom stereocenters. The summed E-state index contributed by atoms with van der Waals surface area (Å²) in [7, 11) is 1.58. The average molecular weight is 356 g/mol. The SMILES string of the molecule is COc1ccc(COC(=O)[C@@]2(c3cccc(F)c3C)CCC(=O)C2)cc1. The maximum absolute atomic E-state index is 14.0. The summed E-state index contributed by atoms with van der Waals surface area (Å²) in [6.45, 7) is 1.72. The van der Waals surface area contributed by atoms with Crippen molar-refractivity contribution in [2.24, 2.45) is 0 Å². The Morgan fingerprint density at radius 1 is 1.19 bits per heavy atom. The smallest absolute Gasteiger partial charge is 0.317 e. The van der Waals surface area contributed by atoms with Crippen LogP contribution in [-0.4, -0.2) is 18.9 Å². The Morgan fingerprint density at radius 3 is 2.54 bits per heavy atom. The van der Waals surface area contributed by atoms with E-state index in [0.717, 1.165) is 5.56 Å². The number of rotatable bonds is 5. The van der Waals surface area contributed by atoms with E-state index < -0.39 is 11.4 Å². The molecule has 0 amide bonds. The van der Waals surface area contributed by atoms with Crippen molar-refractivity contribution in [1.29, 1.82) is 0 Å². The summed E-state index contributed by atoms with van der Waals surface area (Å²) in [5, 5.41) is 0. The topological polar surface area (TPSA) is 52.6 Å². The molecule has 26 heavy (non-hydrogen) atoms. The zero-order chi connectivity index (χ0) is 18.7. The van der Waals surface area contributed by atoms with Gasteiger partial charge in [0.2, 0.25) is 0 Å². The number of carbonyl (C=O) groups excluding carboxylic acids is 2. The molecule has 0 bridgehead atoms. The second kappa shape index (κ2) is 7.28. The maximum atomic E-state index is 14.0. The lowest BCUT2D eigenvalue weighted by Crippen LogP contribution is -2.36. The zero-order valence-corrected chi connectivity index (χ0v) is 14.9. The highest BCUT2D eigenvalue weighted by Gasteiger charge is 2.48. The molecule has 0 aromatic heterocycles. The van der Waals surface area contributed by atoms with Gasteiger partial charge in [-0.15, -0.1) is 0 Å². The standard InChI is InChI=1S/C21H21FO4/c1-14-18(4-3-5-19(14)22)21(11-10-16(23)12-21)20(24)26-13-15-6-8-17(25-2)9-7-15/h3-9H,10-13H2,1-2H3/t21-/m0/s1.